The number of para-hydroxylation sites is 1. The molecule has 2 aliphatic rings. The zero-order valence-electron chi connectivity index (χ0n) is 12.3. The molecule has 0 saturated carbocycles. The molecule has 1 amide bonds. The summed E-state index contributed by atoms with van der Waals surface area (Å²) < 4.78 is 0. The number of hydrogen-bond acceptors (Lipinski definition) is 4. The number of nitrogens with one attached hydrogen (secondary N) is 1. The first-order chi connectivity index (χ1) is 10.2. The van der Waals surface area contributed by atoms with Gasteiger partial charge in [0.05, 0.1) is 4.91 Å². The van der Waals surface area contributed by atoms with Gasteiger partial charge in [-0.1, -0.05) is 18.2 Å². The van der Waals surface area contributed by atoms with Gasteiger partial charge in [0.2, 0.25) is 0 Å². The lowest BCUT2D eigenvalue weighted by molar-refractivity contribution is -0.116. The summed E-state index contributed by atoms with van der Waals surface area (Å²) in [5.41, 5.74) is 2.37. The minimum atomic E-state index is 0.0550. The van der Waals surface area contributed by atoms with Crippen LogP contribution in [0.25, 0.3) is 6.08 Å². The van der Waals surface area contributed by atoms with Crippen LogP contribution in [0.4, 0.5) is 5.69 Å². The Kier molecular flexibility index (Phi) is 4.51. The number of anilines is 1. The molecule has 1 N–H and O–H groups in total. The van der Waals surface area contributed by atoms with Crippen molar-refractivity contribution in [1.29, 1.82) is 0 Å². The van der Waals surface area contributed by atoms with Crippen LogP contribution < -0.4 is 10.2 Å². The predicted octanol–water partition coefficient (Wildman–Crippen LogP) is 1.64. The number of hydrogen-bond donors (Lipinski definition) is 1. The number of likely N-dealkylation sites (N-methyl/N-ethyl adjacent to an activating group) is 1. The molecule has 0 spiro atoms. The van der Waals surface area contributed by atoms with Gasteiger partial charge >= 0.3 is 0 Å². The number of piperazine rings is 1. The van der Waals surface area contributed by atoms with Gasteiger partial charge < -0.3 is 15.1 Å². The fourth-order valence-corrected chi connectivity index (χ4v) is 3.51. The molecule has 5 heteroatoms. The minimum absolute atomic E-state index is 0.0550. The average Bonchev–Trinajstić information content (AvgIpc) is 2.51. The molecule has 21 heavy (non-hydrogen) atoms. The van der Waals surface area contributed by atoms with E-state index in [0.29, 0.717) is 0 Å². The summed E-state index contributed by atoms with van der Waals surface area (Å²) in [6.07, 6.45) is 2.03. The highest BCUT2D eigenvalue weighted by atomic mass is 32.2. The highest BCUT2D eigenvalue weighted by Crippen LogP contribution is 2.28. The summed E-state index contributed by atoms with van der Waals surface area (Å²) in [4.78, 5) is 17.5. The summed E-state index contributed by atoms with van der Waals surface area (Å²) >= 11 is 1.64. The van der Waals surface area contributed by atoms with Crippen LogP contribution in [0.5, 0.6) is 0 Å². The van der Waals surface area contributed by atoms with Crippen LogP contribution in [0.3, 0.4) is 0 Å². The van der Waals surface area contributed by atoms with Crippen molar-refractivity contribution in [3.8, 4) is 0 Å². The SMILES string of the molecule is CN1CCN(c2ccccc2/C=C2/SCCNC2=O)CC1. The predicted molar refractivity (Wildman–Crippen MR) is 89.6 cm³/mol. The second-order valence-corrected chi connectivity index (χ2v) is 6.60. The molecular formula is C16H21N3OS. The molecule has 3 rings (SSSR count). The van der Waals surface area contributed by atoms with E-state index in [1.54, 1.807) is 11.8 Å². The quantitative estimate of drug-likeness (QED) is 0.843. The summed E-state index contributed by atoms with van der Waals surface area (Å²) in [5.74, 6) is 1.01. The van der Waals surface area contributed by atoms with E-state index >= 15 is 0 Å². The van der Waals surface area contributed by atoms with Gasteiger partial charge in [-0.05, 0) is 24.8 Å². The van der Waals surface area contributed by atoms with E-state index < -0.39 is 0 Å². The van der Waals surface area contributed by atoms with Crippen molar-refractivity contribution in [2.75, 3.05) is 50.4 Å². The zero-order chi connectivity index (χ0) is 14.7. The van der Waals surface area contributed by atoms with Crippen LogP contribution in [0, 0.1) is 0 Å². The highest BCUT2D eigenvalue weighted by Gasteiger charge is 2.18. The Morgan fingerprint density at radius 1 is 1.19 bits per heavy atom. The molecule has 2 heterocycles. The molecule has 0 atom stereocenters. The Morgan fingerprint density at radius 2 is 1.95 bits per heavy atom. The van der Waals surface area contributed by atoms with Crippen molar-refractivity contribution in [2.45, 2.75) is 0 Å². The largest absolute Gasteiger partial charge is 0.368 e. The van der Waals surface area contributed by atoms with E-state index in [9.17, 15) is 4.79 Å². The molecular weight excluding hydrogens is 282 g/mol. The molecule has 2 aliphatic heterocycles. The van der Waals surface area contributed by atoms with E-state index in [4.69, 9.17) is 0 Å². The Bertz CT molecular complexity index is 550. The van der Waals surface area contributed by atoms with Gasteiger partial charge in [-0.25, -0.2) is 0 Å². The minimum Gasteiger partial charge on any atom is -0.368 e. The van der Waals surface area contributed by atoms with E-state index in [1.165, 1.54) is 5.69 Å². The normalized spacial score (nSPS) is 22.4. The fraction of sp³-hybridized carbons (Fsp3) is 0.438. The van der Waals surface area contributed by atoms with Crippen LogP contribution in [-0.2, 0) is 4.79 Å². The van der Waals surface area contributed by atoms with Gasteiger partial charge in [0.1, 0.15) is 0 Å². The fourth-order valence-electron chi connectivity index (χ4n) is 2.67. The van der Waals surface area contributed by atoms with Crippen molar-refractivity contribution >= 4 is 29.4 Å². The maximum absolute atomic E-state index is 11.9. The third-order valence-electron chi connectivity index (χ3n) is 3.94. The molecule has 112 valence electrons. The number of benzene rings is 1. The van der Waals surface area contributed by atoms with Crippen LogP contribution in [0.15, 0.2) is 29.2 Å². The van der Waals surface area contributed by atoms with E-state index in [2.05, 4.69) is 40.4 Å². The van der Waals surface area contributed by atoms with Crippen LogP contribution in [0.2, 0.25) is 0 Å². The molecule has 0 radical (unpaired) electrons. The van der Waals surface area contributed by atoms with Gasteiger partial charge in [-0.15, -0.1) is 11.8 Å². The lowest BCUT2D eigenvalue weighted by Gasteiger charge is -2.35. The molecule has 0 bridgehead atoms. The second kappa shape index (κ2) is 6.54. The van der Waals surface area contributed by atoms with E-state index in [1.807, 2.05) is 12.1 Å². The van der Waals surface area contributed by atoms with Gasteiger partial charge in [0, 0.05) is 44.2 Å². The summed E-state index contributed by atoms with van der Waals surface area (Å²) in [7, 11) is 2.16. The topological polar surface area (TPSA) is 35.6 Å². The first-order valence-electron chi connectivity index (χ1n) is 7.39. The Labute approximate surface area is 130 Å². The third kappa shape index (κ3) is 3.41. The molecule has 0 aliphatic carbocycles. The standard InChI is InChI=1S/C16H21N3OS/c1-18-7-9-19(10-8-18)14-5-3-2-4-13(14)12-15-16(20)17-6-11-21-15/h2-5,12H,6-11H2,1H3,(H,17,20)/b15-12+. The number of amides is 1. The third-order valence-corrected chi connectivity index (χ3v) is 4.96. The Morgan fingerprint density at radius 3 is 2.71 bits per heavy atom. The van der Waals surface area contributed by atoms with Gasteiger partial charge in [-0.3, -0.25) is 4.79 Å². The monoisotopic (exact) mass is 303 g/mol. The van der Waals surface area contributed by atoms with Crippen molar-refractivity contribution in [2.24, 2.45) is 0 Å². The van der Waals surface area contributed by atoms with E-state index in [0.717, 1.165) is 48.9 Å². The molecule has 0 aromatic heterocycles. The highest BCUT2D eigenvalue weighted by molar-refractivity contribution is 8.04. The average molecular weight is 303 g/mol. The van der Waals surface area contributed by atoms with Gasteiger partial charge in [0.15, 0.2) is 0 Å². The van der Waals surface area contributed by atoms with Gasteiger partial charge in [-0.2, -0.15) is 0 Å². The first kappa shape index (κ1) is 14.5. The van der Waals surface area contributed by atoms with Crippen molar-refractivity contribution in [3.63, 3.8) is 0 Å². The van der Waals surface area contributed by atoms with E-state index in [-0.39, 0.29) is 5.91 Å². The molecule has 2 saturated heterocycles. The summed E-state index contributed by atoms with van der Waals surface area (Å²) in [6.45, 7) is 5.01. The van der Waals surface area contributed by atoms with Crippen molar-refractivity contribution in [3.05, 3.63) is 34.7 Å². The maximum atomic E-state index is 11.9. The molecule has 1 aromatic carbocycles. The number of nitrogens with zero attached hydrogens (tertiary/aromatic N) is 2. The van der Waals surface area contributed by atoms with Crippen LogP contribution in [0.1, 0.15) is 5.56 Å². The summed E-state index contributed by atoms with van der Waals surface area (Å²) in [5, 5.41) is 2.91. The first-order valence-corrected chi connectivity index (χ1v) is 8.38. The molecule has 1 aromatic rings. The number of rotatable bonds is 2. The Balaban J connectivity index is 1.85. The van der Waals surface area contributed by atoms with Crippen molar-refractivity contribution in [1.82, 2.24) is 10.2 Å². The molecule has 2 fully saturated rings. The van der Waals surface area contributed by atoms with Crippen LogP contribution >= 0.6 is 11.8 Å². The molecule has 0 unspecified atom stereocenters. The van der Waals surface area contributed by atoms with Crippen LogP contribution in [-0.4, -0.2) is 56.3 Å². The number of thioether (sulfide) groups is 1. The lowest BCUT2D eigenvalue weighted by atomic mass is 10.1. The zero-order valence-corrected chi connectivity index (χ0v) is 13.2. The maximum Gasteiger partial charge on any atom is 0.257 e. The number of carbonyl (C=O) groups is 1. The molecule has 4 nitrogen and oxygen atoms in total. The van der Waals surface area contributed by atoms with Crippen molar-refractivity contribution < 1.29 is 4.79 Å². The Hall–Kier alpha value is -1.46. The number of carbonyl (C=O) groups excluding carboxylic acids is 1. The smallest absolute Gasteiger partial charge is 0.257 e. The summed E-state index contributed by atoms with van der Waals surface area (Å²) in [6, 6.07) is 8.37. The van der Waals surface area contributed by atoms with Gasteiger partial charge in [0.25, 0.3) is 5.91 Å². The second-order valence-electron chi connectivity index (χ2n) is 5.46. The lowest BCUT2D eigenvalue weighted by Crippen LogP contribution is -2.44.